The lowest BCUT2D eigenvalue weighted by molar-refractivity contribution is 0.103. The highest BCUT2D eigenvalue weighted by molar-refractivity contribution is 6.31. The monoisotopic (exact) mass is 263 g/mol. The molecule has 0 spiro atoms. The van der Waals surface area contributed by atoms with Gasteiger partial charge in [0.25, 0.3) is 0 Å². The number of rotatable bonds is 3. The van der Waals surface area contributed by atoms with Crippen LogP contribution in [0.3, 0.4) is 0 Å². The molecule has 0 saturated carbocycles. The van der Waals surface area contributed by atoms with E-state index in [2.05, 4.69) is 9.97 Å². The van der Waals surface area contributed by atoms with Gasteiger partial charge in [-0.25, -0.2) is 9.97 Å². The number of carbonyl (C=O) groups excluding carboxylic acids is 1. The van der Waals surface area contributed by atoms with E-state index in [-0.39, 0.29) is 17.4 Å². The molecule has 0 atom stereocenters. The standard InChI is InChI=1S/C12H10ClN3O2/c1-18-12-10(15-2-3-16-12)11(17)7-4-8(13)6-9(14)5-7/h2-6H,14H2,1H3. The highest BCUT2D eigenvalue weighted by Crippen LogP contribution is 2.21. The number of aromatic nitrogens is 2. The zero-order chi connectivity index (χ0) is 13.1. The summed E-state index contributed by atoms with van der Waals surface area (Å²) >= 11 is 5.86. The summed E-state index contributed by atoms with van der Waals surface area (Å²) in [6.45, 7) is 0. The highest BCUT2D eigenvalue weighted by atomic mass is 35.5. The van der Waals surface area contributed by atoms with Gasteiger partial charge in [-0.2, -0.15) is 0 Å². The zero-order valence-corrected chi connectivity index (χ0v) is 10.3. The first-order valence-electron chi connectivity index (χ1n) is 5.07. The molecule has 2 rings (SSSR count). The van der Waals surface area contributed by atoms with Crippen molar-refractivity contribution in [1.82, 2.24) is 9.97 Å². The number of halogens is 1. The van der Waals surface area contributed by atoms with Crippen molar-refractivity contribution in [3.63, 3.8) is 0 Å². The van der Waals surface area contributed by atoms with E-state index in [9.17, 15) is 4.79 Å². The molecule has 0 amide bonds. The molecular weight excluding hydrogens is 254 g/mol. The van der Waals surface area contributed by atoms with Gasteiger partial charge in [-0.1, -0.05) is 11.6 Å². The molecule has 0 aliphatic rings. The van der Waals surface area contributed by atoms with E-state index in [1.54, 1.807) is 6.07 Å². The van der Waals surface area contributed by atoms with E-state index >= 15 is 0 Å². The van der Waals surface area contributed by atoms with Crippen LogP contribution < -0.4 is 10.5 Å². The average molecular weight is 264 g/mol. The van der Waals surface area contributed by atoms with Crippen LogP contribution in [0.1, 0.15) is 16.1 Å². The van der Waals surface area contributed by atoms with Gasteiger partial charge in [0.05, 0.1) is 7.11 Å². The Balaban J connectivity index is 2.47. The van der Waals surface area contributed by atoms with Crippen LogP contribution in [0.25, 0.3) is 0 Å². The fraction of sp³-hybridized carbons (Fsp3) is 0.0833. The van der Waals surface area contributed by atoms with Gasteiger partial charge in [0, 0.05) is 28.7 Å². The van der Waals surface area contributed by atoms with Gasteiger partial charge < -0.3 is 10.5 Å². The van der Waals surface area contributed by atoms with E-state index in [4.69, 9.17) is 22.1 Å². The summed E-state index contributed by atoms with van der Waals surface area (Å²) in [5, 5.41) is 0.390. The maximum atomic E-state index is 12.2. The number of methoxy groups -OCH3 is 1. The molecule has 1 aromatic carbocycles. The van der Waals surface area contributed by atoms with Crippen molar-refractivity contribution in [2.75, 3.05) is 12.8 Å². The lowest BCUT2D eigenvalue weighted by Gasteiger charge is -2.06. The topological polar surface area (TPSA) is 78.1 Å². The minimum Gasteiger partial charge on any atom is -0.479 e. The lowest BCUT2D eigenvalue weighted by atomic mass is 10.1. The fourth-order valence-electron chi connectivity index (χ4n) is 1.51. The molecule has 0 fully saturated rings. The summed E-state index contributed by atoms with van der Waals surface area (Å²) in [5.74, 6) is -0.171. The van der Waals surface area contributed by atoms with Crippen LogP contribution in [0.5, 0.6) is 5.88 Å². The van der Waals surface area contributed by atoms with Crippen LogP contribution in [0.2, 0.25) is 5.02 Å². The van der Waals surface area contributed by atoms with Crippen LogP contribution >= 0.6 is 11.6 Å². The number of carbonyl (C=O) groups is 1. The largest absolute Gasteiger partial charge is 0.479 e. The smallest absolute Gasteiger partial charge is 0.243 e. The number of hydrogen-bond acceptors (Lipinski definition) is 5. The predicted molar refractivity (Wildman–Crippen MR) is 67.9 cm³/mol. The van der Waals surface area contributed by atoms with Gasteiger partial charge in [0.1, 0.15) is 0 Å². The molecule has 18 heavy (non-hydrogen) atoms. The molecule has 1 heterocycles. The average Bonchev–Trinajstić information content (AvgIpc) is 2.36. The van der Waals surface area contributed by atoms with E-state index in [0.717, 1.165) is 0 Å². The van der Waals surface area contributed by atoms with Gasteiger partial charge in [0.2, 0.25) is 11.7 Å². The first kappa shape index (κ1) is 12.3. The molecular formula is C12H10ClN3O2. The van der Waals surface area contributed by atoms with Gasteiger partial charge in [-0.15, -0.1) is 0 Å². The SMILES string of the molecule is COc1nccnc1C(=O)c1cc(N)cc(Cl)c1. The summed E-state index contributed by atoms with van der Waals surface area (Å²) in [6.07, 6.45) is 2.87. The normalized spacial score (nSPS) is 10.1. The van der Waals surface area contributed by atoms with Crippen LogP contribution in [-0.2, 0) is 0 Å². The molecule has 0 aliphatic heterocycles. The Hall–Kier alpha value is -2.14. The quantitative estimate of drug-likeness (QED) is 0.676. The number of hydrogen-bond donors (Lipinski definition) is 1. The van der Waals surface area contributed by atoms with Gasteiger partial charge in [0.15, 0.2) is 5.69 Å². The third-order valence-electron chi connectivity index (χ3n) is 2.26. The van der Waals surface area contributed by atoms with Crippen LogP contribution in [0, 0.1) is 0 Å². The van der Waals surface area contributed by atoms with Crippen molar-refractivity contribution in [2.45, 2.75) is 0 Å². The molecule has 0 bridgehead atoms. The van der Waals surface area contributed by atoms with E-state index < -0.39 is 0 Å². The van der Waals surface area contributed by atoms with Gasteiger partial charge in [-0.3, -0.25) is 4.79 Å². The molecule has 0 aliphatic carbocycles. The molecule has 2 aromatic rings. The first-order valence-corrected chi connectivity index (χ1v) is 5.45. The minimum absolute atomic E-state index is 0.127. The number of benzene rings is 1. The Morgan fingerprint density at radius 3 is 2.67 bits per heavy atom. The first-order chi connectivity index (χ1) is 8.61. The molecule has 1 aromatic heterocycles. The predicted octanol–water partition coefficient (Wildman–Crippen LogP) is 1.95. The maximum absolute atomic E-state index is 12.2. The summed E-state index contributed by atoms with van der Waals surface area (Å²) in [7, 11) is 1.42. The van der Waals surface area contributed by atoms with E-state index in [1.807, 2.05) is 0 Å². The number of anilines is 1. The fourth-order valence-corrected chi connectivity index (χ4v) is 1.75. The van der Waals surface area contributed by atoms with Gasteiger partial charge in [-0.05, 0) is 18.2 Å². The number of nitrogen functional groups attached to an aromatic ring is 1. The number of nitrogens with zero attached hydrogens (tertiary/aromatic N) is 2. The van der Waals surface area contributed by atoms with E-state index in [1.165, 1.54) is 31.6 Å². The van der Waals surface area contributed by atoms with Crippen molar-refractivity contribution >= 4 is 23.1 Å². The van der Waals surface area contributed by atoms with Crippen molar-refractivity contribution < 1.29 is 9.53 Å². The molecule has 0 radical (unpaired) electrons. The summed E-state index contributed by atoms with van der Waals surface area (Å²) in [4.78, 5) is 20.1. The Kier molecular flexibility index (Phi) is 3.43. The second-order valence-electron chi connectivity index (χ2n) is 3.52. The van der Waals surface area contributed by atoms with E-state index in [0.29, 0.717) is 16.3 Å². The summed E-state index contributed by atoms with van der Waals surface area (Å²) in [5.41, 5.74) is 6.53. The molecule has 0 unspecified atom stereocenters. The van der Waals surface area contributed by atoms with Crippen LogP contribution in [0.15, 0.2) is 30.6 Å². The minimum atomic E-state index is -0.339. The Bertz CT molecular complexity index is 581. The second-order valence-corrected chi connectivity index (χ2v) is 3.95. The zero-order valence-electron chi connectivity index (χ0n) is 9.55. The third-order valence-corrected chi connectivity index (χ3v) is 2.47. The van der Waals surface area contributed by atoms with Crippen molar-refractivity contribution in [1.29, 1.82) is 0 Å². The Morgan fingerprint density at radius 1 is 1.28 bits per heavy atom. The van der Waals surface area contributed by atoms with Gasteiger partial charge >= 0.3 is 0 Å². The summed E-state index contributed by atoms with van der Waals surface area (Å²) in [6, 6.07) is 4.61. The number of ketones is 1. The van der Waals surface area contributed by atoms with Crippen molar-refractivity contribution in [2.24, 2.45) is 0 Å². The van der Waals surface area contributed by atoms with Crippen molar-refractivity contribution in [3.05, 3.63) is 46.9 Å². The highest BCUT2D eigenvalue weighted by Gasteiger charge is 2.17. The molecule has 2 N–H and O–H groups in total. The van der Waals surface area contributed by atoms with Crippen LogP contribution in [0.4, 0.5) is 5.69 Å². The number of nitrogens with two attached hydrogens (primary N) is 1. The van der Waals surface area contributed by atoms with Crippen LogP contribution in [-0.4, -0.2) is 22.9 Å². The van der Waals surface area contributed by atoms with Crippen molar-refractivity contribution in [3.8, 4) is 5.88 Å². The lowest BCUT2D eigenvalue weighted by Crippen LogP contribution is -2.08. The molecule has 5 nitrogen and oxygen atoms in total. The molecule has 6 heteroatoms. The molecule has 0 saturated heterocycles. The third kappa shape index (κ3) is 2.41. The Morgan fingerprint density at radius 2 is 2.00 bits per heavy atom. The Labute approximate surface area is 109 Å². The maximum Gasteiger partial charge on any atom is 0.243 e. The summed E-state index contributed by atoms with van der Waals surface area (Å²) < 4.78 is 4.99. The second kappa shape index (κ2) is 5.01. The molecule has 92 valence electrons. The number of ether oxygens (including phenoxy) is 1.